The fraction of sp³-hybridized carbons (Fsp3) is 0.250. The van der Waals surface area contributed by atoms with Gasteiger partial charge in [0.1, 0.15) is 52.5 Å². The summed E-state index contributed by atoms with van der Waals surface area (Å²) in [5, 5.41) is 22.1. The molecule has 0 bridgehead atoms. The van der Waals surface area contributed by atoms with Crippen molar-refractivity contribution in [2.24, 2.45) is 0 Å². The van der Waals surface area contributed by atoms with Crippen LogP contribution in [0.5, 0.6) is 11.5 Å². The van der Waals surface area contributed by atoms with E-state index in [4.69, 9.17) is 30.5 Å². The SMILES string of the molecule is COc1ccc(C(OC[C@H]2O[C@@H](n3cc(F)c4c(Cl)ncnc43)[C@H](O)[C@@H]2O)(c2ccccc2)c2ccc(OC)cc2)cc1. The van der Waals surface area contributed by atoms with Gasteiger partial charge in [-0.25, -0.2) is 14.4 Å². The zero-order valence-electron chi connectivity index (χ0n) is 23.3. The molecule has 0 aliphatic carbocycles. The predicted molar refractivity (Wildman–Crippen MR) is 157 cm³/mol. The van der Waals surface area contributed by atoms with Gasteiger partial charge in [0.05, 0.1) is 26.2 Å². The van der Waals surface area contributed by atoms with E-state index in [1.165, 1.54) is 10.9 Å². The lowest BCUT2D eigenvalue weighted by atomic mass is 9.80. The normalized spacial score (nSPS) is 20.4. The van der Waals surface area contributed by atoms with Gasteiger partial charge in [-0.1, -0.05) is 66.2 Å². The molecule has 1 fully saturated rings. The lowest BCUT2D eigenvalue weighted by Gasteiger charge is -2.37. The van der Waals surface area contributed by atoms with Crippen LogP contribution >= 0.6 is 11.6 Å². The summed E-state index contributed by atoms with van der Waals surface area (Å²) in [6, 6.07) is 24.7. The fourth-order valence-corrected chi connectivity index (χ4v) is 5.80. The highest BCUT2D eigenvalue weighted by Crippen LogP contribution is 2.43. The first kappa shape index (κ1) is 29.0. The zero-order chi connectivity index (χ0) is 30.1. The summed E-state index contributed by atoms with van der Waals surface area (Å²) < 4.78 is 39.9. The molecular weight excluding hydrogens is 577 g/mol. The molecule has 3 heterocycles. The van der Waals surface area contributed by atoms with Crippen molar-refractivity contribution in [1.29, 1.82) is 0 Å². The lowest BCUT2D eigenvalue weighted by molar-refractivity contribution is -0.0941. The molecule has 2 aromatic heterocycles. The van der Waals surface area contributed by atoms with Crippen molar-refractivity contribution in [2.45, 2.75) is 30.1 Å². The molecule has 0 amide bonds. The van der Waals surface area contributed by atoms with Gasteiger partial charge in [-0.05, 0) is 41.0 Å². The van der Waals surface area contributed by atoms with Crippen LogP contribution in [0.2, 0.25) is 5.15 Å². The molecule has 1 aliphatic rings. The van der Waals surface area contributed by atoms with Crippen LogP contribution in [0, 0.1) is 5.82 Å². The summed E-state index contributed by atoms with van der Waals surface area (Å²) in [5.41, 5.74) is 1.36. The predicted octanol–water partition coefficient (Wildman–Crippen LogP) is 4.87. The topological polar surface area (TPSA) is 108 Å². The van der Waals surface area contributed by atoms with E-state index in [9.17, 15) is 14.6 Å². The number of aliphatic hydroxyl groups excluding tert-OH is 2. The average Bonchev–Trinajstić information content (AvgIpc) is 3.54. The third kappa shape index (κ3) is 5.11. The smallest absolute Gasteiger partial charge is 0.164 e. The largest absolute Gasteiger partial charge is 0.497 e. The Morgan fingerprint density at radius 2 is 1.44 bits per heavy atom. The zero-order valence-corrected chi connectivity index (χ0v) is 24.1. The molecule has 5 aromatic rings. The van der Waals surface area contributed by atoms with Crippen LogP contribution in [0.1, 0.15) is 22.9 Å². The molecule has 4 atom stereocenters. The van der Waals surface area contributed by atoms with Crippen LogP contribution in [-0.4, -0.2) is 63.9 Å². The molecule has 1 saturated heterocycles. The first-order chi connectivity index (χ1) is 20.9. The lowest BCUT2D eigenvalue weighted by Crippen LogP contribution is -2.39. The van der Waals surface area contributed by atoms with Crippen molar-refractivity contribution in [1.82, 2.24) is 14.5 Å². The quantitative estimate of drug-likeness (QED) is 0.181. The monoisotopic (exact) mass is 605 g/mol. The molecule has 2 N–H and O–H groups in total. The Hall–Kier alpha value is -4.06. The van der Waals surface area contributed by atoms with Gasteiger partial charge in [0.2, 0.25) is 0 Å². The molecule has 0 unspecified atom stereocenters. The number of ether oxygens (including phenoxy) is 4. The minimum atomic E-state index is -1.41. The van der Waals surface area contributed by atoms with Gasteiger partial charge in [-0.15, -0.1) is 0 Å². The van der Waals surface area contributed by atoms with Crippen molar-refractivity contribution in [3.63, 3.8) is 0 Å². The van der Waals surface area contributed by atoms with Crippen LogP contribution in [0.25, 0.3) is 11.0 Å². The Morgan fingerprint density at radius 1 is 0.860 bits per heavy atom. The highest BCUT2D eigenvalue weighted by atomic mass is 35.5. The summed E-state index contributed by atoms with van der Waals surface area (Å²) >= 11 is 6.10. The van der Waals surface area contributed by atoms with Gasteiger partial charge < -0.3 is 33.7 Å². The molecule has 0 spiro atoms. The van der Waals surface area contributed by atoms with E-state index in [1.54, 1.807) is 14.2 Å². The van der Waals surface area contributed by atoms with Crippen molar-refractivity contribution < 1.29 is 33.6 Å². The number of nitrogens with zero attached hydrogens (tertiary/aromatic N) is 3. The summed E-state index contributed by atoms with van der Waals surface area (Å²) in [6.45, 7) is -0.140. The second-order valence-corrected chi connectivity index (χ2v) is 10.5. The third-order valence-electron chi connectivity index (χ3n) is 7.77. The first-order valence-corrected chi connectivity index (χ1v) is 13.9. The minimum absolute atomic E-state index is 0.00346. The van der Waals surface area contributed by atoms with Crippen LogP contribution in [0.15, 0.2) is 91.4 Å². The summed E-state index contributed by atoms with van der Waals surface area (Å²) in [5.74, 6) is 0.680. The molecule has 222 valence electrons. The number of benzene rings is 3. The van der Waals surface area contributed by atoms with Crippen LogP contribution in [-0.2, 0) is 15.1 Å². The van der Waals surface area contributed by atoms with Crippen molar-refractivity contribution >= 4 is 22.6 Å². The minimum Gasteiger partial charge on any atom is -0.497 e. The molecule has 3 aromatic carbocycles. The standard InChI is InChI=1S/C32H29ClFN3O6/c1-40-22-12-8-20(9-13-22)32(19-6-4-3-5-7-19,21-10-14-23(41-2)15-11-21)42-17-25-27(38)28(39)31(43-25)37-16-24(34)26-29(33)35-18-36-30(26)37/h3-16,18,25,27-28,31,38-39H,17H2,1-2H3/t25-,27-,28-,31-/m1/s1. The summed E-state index contributed by atoms with van der Waals surface area (Å²) in [6.07, 6.45) is -2.60. The van der Waals surface area contributed by atoms with Crippen LogP contribution in [0.3, 0.4) is 0 Å². The number of halogens is 2. The van der Waals surface area contributed by atoms with E-state index < -0.39 is 36.0 Å². The van der Waals surface area contributed by atoms with Crippen LogP contribution in [0.4, 0.5) is 4.39 Å². The van der Waals surface area contributed by atoms with Crippen molar-refractivity contribution in [3.05, 3.63) is 119 Å². The summed E-state index contributed by atoms with van der Waals surface area (Å²) in [4.78, 5) is 7.96. The van der Waals surface area contributed by atoms with Gasteiger partial charge in [-0.2, -0.15) is 0 Å². The van der Waals surface area contributed by atoms with Gasteiger partial charge in [0.25, 0.3) is 0 Å². The fourth-order valence-electron chi connectivity index (χ4n) is 5.58. The summed E-state index contributed by atoms with van der Waals surface area (Å²) in [7, 11) is 3.19. The molecule has 0 saturated carbocycles. The van der Waals surface area contributed by atoms with Crippen LogP contribution < -0.4 is 9.47 Å². The van der Waals surface area contributed by atoms with E-state index in [-0.39, 0.29) is 22.8 Å². The van der Waals surface area contributed by atoms with Gasteiger partial charge in [0.15, 0.2) is 12.0 Å². The average molecular weight is 606 g/mol. The molecule has 1 aliphatic heterocycles. The van der Waals surface area contributed by atoms with Crippen molar-refractivity contribution in [3.8, 4) is 11.5 Å². The third-order valence-corrected chi connectivity index (χ3v) is 8.05. The van der Waals surface area contributed by atoms with Gasteiger partial charge in [0, 0.05) is 6.20 Å². The first-order valence-electron chi connectivity index (χ1n) is 13.5. The Morgan fingerprint density at radius 3 is 2.02 bits per heavy atom. The molecule has 43 heavy (non-hydrogen) atoms. The Kier molecular flexibility index (Phi) is 8.04. The Balaban J connectivity index is 1.39. The number of hydrogen-bond donors (Lipinski definition) is 2. The highest BCUT2D eigenvalue weighted by molar-refractivity contribution is 6.34. The van der Waals surface area contributed by atoms with Gasteiger partial charge in [-0.3, -0.25) is 0 Å². The van der Waals surface area contributed by atoms with E-state index in [0.717, 1.165) is 22.9 Å². The van der Waals surface area contributed by atoms with E-state index in [0.29, 0.717) is 11.5 Å². The molecule has 6 rings (SSSR count). The second kappa shape index (κ2) is 11.9. The van der Waals surface area contributed by atoms with Gasteiger partial charge >= 0.3 is 0 Å². The number of hydrogen-bond acceptors (Lipinski definition) is 8. The number of aromatic nitrogens is 3. The van der Waals surface area contributed by atoms with E-state index in [1.807, 2.05) is 78.9 Å². The molecule has 11 heteroatoms. The van der Waals surface area contributed by atoms with Crippen molar-refractivity contribution in [2.75, 3.05) is 20.8 Å². The second-order valence-electron chi connectivity index (χ2n) is 10.1. The molecule has 9 nitrogen and oxygen atoms in total. The molecular formula is C32H29ClFN3O6. The molecule has 0 radical (unpaired) electrons. The maximum absolute atomic E-state index is 14.8. The number of methoxy groups -OCH3 is 2. The maximum atomic E-state index is 14.8. The number of fused-ring (bicyclic) bond motifs is 1. The van der Waals surface area contributed by atoms with E-state index >= 15 is 0 Å². The Labute approximate surface area is 252 Å². The highest BCUT2D eigenvalue weighted by Gasteiger charge is 2.47. The van der Waals surface area contributed by atoms with E-state index in [2.05, 4.69) is 9.97 Å². The number of aliphatic hydroxyl groups is 2. The Bertz CT molecular complexity index is 1650. The number of rotatable bonds is 9. The maximum Gasteiger partial charge on any atom is 0.164 e.